The van der Waals surface area contributed by atoms with Gasteiger partial charge in [0.1, 0.15) is 6.10 Å². The van der Waals surface area contributed by atoms with Crippen LogP contribution in [0.15, 0.2) is 12.2 Å². The van der Waals surface area contributed by atoms with Crippen molar-refractivity contribution < 1.29 is 19.1 Å². The SMILES string of the molecule is CCCOC(=O)/C=C/C(=O)OC(C)C(C)C. The summed E-state index contributed by atoms with van der Waals surface area (Å²) < 4.78 is 9.79. The Balaban J connectivity index is 3.95. The van der Waals surface area contributed by atoms with E-state index in [1.54, 1.807) is 0 Å². The molecule has 1 atom stereocenters. The summed E-state index contributed by atoms with van der Waals surface area (Å²) in [4.78, 5) is 22.2. The molecule has 0 spiro atoms. The second kappa shape index (κ2) is 7.91. The Bertz CT molecular complexity index is 256. The lowest BCUT2D eigenvalue weighted by Crippen LogP contribution is -2.19. The van der Waals surface area contributed by atoms with Gasteiger partial charge in [0.05, 0.1) is 6.61 Å². The van der Waals surface area contributed by atoms with E-state index in [1.165, 1.54) is 0 Å². The number of hydrogen-bond donors (Lipinski definition) is 0. The summed E-state index contributed by atoms with van der Waals surface area (Å²) in [5, 5.41) is 0. The third kappa shape index (κ3) is 7.04. The van der Waals surface area contributed by atoms with E-state index >= 15 is 0 Å². The van der Waals surface area contributed by atoms with Gasteiger partial charge in [0.15, 0.2) is 0 Å². The van der Waals surface area contributed by atoms with Crippen LogP contribution in [0, 0.1) is 5.92 Å². The molecule has 0 aromatic carbocycles. The fraction of sp³-hybridized carbons (Fsp3) is 0.667. The van der Waals surface area contributed by atoms with Gasteiger partial charge < -0.3 is 9.47 Å². The van der Waals surface area contributed by atoms with Crippen LogP contribution in [-0.4, -0.2) is 24.6 Å². The Hall–Kier alpha value is -1.32. The zero-order chi connectivity index (χ0) is 12.6. The molecule has 0 aliphatic carbocycles. The van der Waals surface area contributed by atoms with E-state index in [2.05, 4.69) is 0 Å². The smallest absolute Gasteiger partial charge is 0.331 e. The van der Waals surface area contributed by atoms with Crippen molar-refractivity contribution in [3.8, 4) is 0 Å². The lowest BCUT2D eigenvalue weighted by atomic mass is 10.1. The van der Waals surface area contributed by atoms with Crippen LogP contribution in [0.5, 0.6) is 0 Å². The monoisotopic (exact) mass is 228 g/mol. The van der Waals surface area contributed by atoms with Crippen molar-refractivity contribution in [2.75, 3.05) is 6.61 Å². The van der Waals surface area contributed by atoms with Crippen LogP contribution in [0.2, 0.25) is 0 Å². The second-order valence-corrected chi connectivity index (χ2v) is 3.89. The van der Waals surface area contributed by atoms with Crippen molar-refractivity contribution in [1.82, 2.24) is 0 Å². The summed E-state index contributed by atoms with van der Waals surface area (Å²) in [6, 6.07) is 0. The first-order valence-corrected chi connectivity index (χ1v) is 5.52. The Morgan fingerprint density at radius 3 is 2.19 bits per heavy atom. The first-order valence-electron chi connectivity index (χ1n) is 5.52. The van der Waals surface area contributed by atoms with E-state index in [0.29, 0.717) is 6.61 Å². The molecule has 0 bridgehead atoms. The van der Waals surface area contributed by atoms with E-state index < -0.39 is 11.9 Å². The number of ether oxygens (including phenoxy) is 2. The van der Waals surface area contributed by atoms with Gasteiger partial charge in [-0.05, 0) is 19.3 Å². The van der Waals surface area contributed by atoms with E-state index in [1.807, 2.05) is 27.7 Å². The molecule has 1 unspecified atom stereocenters. The molecule has 92 valence electrons. The molecule has 0 N–H and O–H groups in total. The van der Waals surface area contributed by atoms with E-state index in [-0.39, 0.29) is 12.0 Å². The molecule has 0 heterocycles. The lowest BCUT2D eigenvalue weighted by molar-refractivity contribution is -0.145. The van der Waals surface area contributed by atoms with Crippen LogP contribution in [0.4, 0.5) is 0 Å². The lowest BCUT2D eigenvalue weighted by Gasteiger charge is -2.14. The molecule has 0 fully saturated rings. The molecule has 4 heteroatoms. The fourth-order valence-corrected chi connectivity index (χ4v) is 0.745. The summed E-state index contributed by atoms with van der Waals surface area (Å²) in [5.41, 5.74) is 0. The minimum Gasteiger partial charge on any atom is -0.463 e. The maximum absolute atomic E-state index is 11.2. The highest BCUT2D eigenvalue weighted by atomic mass is 16.5. The van der Waals surface area contributed by atoms with Gasteiger partial charge in [0, 0.05) is 12.2 Å². The summed E-state index contributed by atoms with van der Waals surface area (Å²) in [6.45, 7) is 7.98. The van der Waals surface area contributed by atoms with Gasteiger partial charge in [0.2, 0.25) is 0 Å². The summed E-state index contributed by atoms with van der Waals surface area (Å²) >= 11 is 0. The average Bonchev–Trinajstić information content (AvgIpc) is 2.23. The molecule has 4 nitrogen and oxygen atoms in total. The predicted molar refractivity (Wildman–Crippen MR) is 60.8 cm³/mol. The highest BCUT2D eigenvalue weighted by Gasteiger charge is 2.10. The molecule has 0 saturated carbocycles. The van der Waals surface area contributed by atoms with Crippen LogP contribution in [0.3, 0.4) is 0 Å². The third-order valence-corrected chi connectivity index (χ3v) is 2.04. The van der Waals surface area contributed by atoms with Gasteiger partial charge in [0.25, 0.3) is 0 Å². The van der Waals surface area contributed by atoms with Crippen LogP contribution < -0.4 is 0 Å². The van der Waals surface area contributed by atoms with Gasteiger partial charge in [-0.15, -0.1) is 0 Å². The maximum Gasteiger partial charge on any atom is 0.331 e. The Kier molecular flexibility index (Phi) is 7.25. The molecule has 0 radical (unpaired) electrons. The van der Waals surface area contributed by atoms with Crippen molar-refractivity contribution in [3.63, 3.8) is 0 Å². The third-order valence-electron chi connectivity index (χ3n) is 2.04. The molecule has 0 saturated heterocycles. The standard InChI is InChI=1S/C12H20O4/c1-5-8-15-11(13)6-7-12(14)16-10(4)9(2)3/h6-7,9-10H,5,8H2,1-4H3/b7-6+. The molecule has 0 aromatic heterocycles. The van der Waals surface area contributed by atoms with Gasteiger partial charge >= 0.3 is 11.9 Å². The van der Waals surface area contributed by atoms with Gasteiger partial charge in [-0.1, -0.05) is 20.8 Å². The molecule has 16 heavy (non-hydrogen) atoms. The minimum absolute atomic E-state index is 0.163. The van der Waals surface area contributed by atoms with Gasteiger partial charge in [-0.25, -0.2) is 9.59 Å². The quantitative estimate of drug-likeness (QED) is 0.516. The van der Waals surface area contributed by atoms with Crippen LogP contribution in [-0.2, 0) is 19.1 Å². The number of rotatable bonds is 6. The number of esters is 2. The van der Waals surface area contributed by atoms with Crippen molar-refractivity contribution >= 4 is 11.9 Å². The fourth-order valence-electron chi connectivity index (χ4n) is 0.745. The molecule has 0 rings (SSSR count). The Morgan fingerprint density at radius 1 is 1.12 bits per heavy atom. The van der Waals surface area contributed by atoms with Crippen LogP contribution in [0.1, 0.15) is 34.1 Å². The minimum atomic E-state index is -0.519. The van der Waals surface area contributed by atoms with E-state index in [0.717, 1.165) is 18.6 Å². The number of hydrogen-bond acceptors (Lipinski definition) is 4. The largest absolute Gasteiger partial charge is 0.463 e. The first kappa shape index (κ1) is 14.7. The molecule has 0 aliphatic heterocycles. The number of carbonyl (C=O) groups is 2. The highest BCUT2D eigenvalue weighted by molar-refractivity contribution is 5.91. The Morgan fingerprint density at radius 2 is 1.69 bits per heavy atom. The van der Waals surface area contributed by atoms with Crippen molar-refractivity contribution in [2.24, 2.45) is 5.92 Å². The zero-order valence-electron chi connectivity index (χ0n) is 10.4. The van der Waals surface area contributed by atoms with Crippen molar-refractivity contribution in [3.05, 3.63) is 12.2 Å². The molecule has 0 amide bonds. The van der Waals surface area contributed by atoms with E-state index in [4.69, 9.17) is 9.47 Å². The molecule has 0 aliphatic rings. The molecular formula is C12H20O4. The van der Waals surface area contributed by atoms with Gasteiger partial charge in [-0.2, -0.15) is 0 Å². The first-order chi connectivity index (χ1) is 7.47. The highest BCUT2D eigenvalue weighted by Crippen LogP contribution is 2.05. The molecular weight excluding hydrogens is 208 g/mol. The normalized spacial score (nSPS) is 12.8. The summed E-state index contributed by atoms with van der Waals surface area (Å²) in [6.07, 6.45) is 2.78. The Labute approximate surface area is 96.6 Å². The van der Waals surface area contributed by atoms with Gasteiger partial charge in [-0.3, -0.25) is 0 Å². The van der Waals surface area contributed by atoms with Crippen molar-refractivity contribution in [2.45, 2.75) is 40.2 Å². The summed E-state index contributed by atoms with van der Waals surface area (Å²) in [5.74, 6) is -0.782. The van der Waals surface area contributed by atoms with E-state index in [9.17, 15) is 9.59 Å². The number of carbonyl (C=O) groups excluding carboxylic acids is 2. The summed E-state index contributed by atoms with van der Waals surface area (Å²) in [7, 11) is 0. The topological polar surface area (TPSA) is 52.6 Å². The van der Waals surface area contributed by atoms with Crippen molar-refractivity contribution in [1.29, 1.82) is 0 Å². The average molecular weight is 228 g/mol. The maximum atomic E-state index is 11.2. The van der Waals surface area contributed by atoms with Crippen LogP contribution in [0.25, 0.3) is 0 Å². The predicted octanol–water partition coefficient (Wildman–Crippen LogP) is 2.08. The zero-order valence-corrected chi connectivity index (χ0v) is 10.4. The molecule has 0 aromatic rings. The second-order valence-electron chi connectivity index (χ2n) is 3.89. The van der Waals surface area contributed by atoms with Crippen LogP contribution >= 0.6 is 0 Å².